The van der Waals surface area contributed by atoms with Crippen LogP contribution in [0.1, 0.15) is 10.4 Å². The van der Waals surface area contributed by atoms with Crippen LogP contribution in [0.4, 0.5) is 18.9 Å². The summed E-state index contributed by atoms with van der Waals surface area (Å²) in [6.45, 7) is 0. The first-order chi connectivity index (χ1) is 10.8. The van der Waals surface area contributed by atoms with Crippen LogP contribution in [0.2, 0.25) is 10.0 Å². The van der Waals surface area contributed by atoms with Gasteiger partial charge in [-0.2, -0.15) is 0 Å². The van der Waals surface area contributed by atoms with Gasteiger partial charge in [-0.25, -0.2) is 13.2 Å². The first kappa shape index (κ1) is 17.2. The molecule has 2 aromatic carbocycles. The molecule has 9 heteroatoms. The Hall–Kier alpha value is -2.12. The summed E-state index contributed by atoms with van der Waals surface area (Å²) in [7, 11) is 1.36. The lowest BCUT2D eigenvalue weighted by Crippen LogP contribution is -2.30. The van der Waals surface area contributed by atoms with Gasteiger partial charge in [-0.15, -0.1) is 0 Å². The van der Waals surface area contributed by atoms with Crippen molar-refractivity contribution in [2.45, 2.75) is 0 Å². The standard InChI is InChI=1S/C14H9Cl2F3N2O2/c1-23-13-7(15)4-6(5-8(13)16)14(22)21-20-10-3-2-9(17)11(18)12(10)19/h2-5,20H,1H3,(H,21,22). The number of hydrogen-bond acceptors (Lipinski definition) is 3. The highest BCUT2D eigenvalue weighted by atomic mass is 35.5. The molecule has 0 aliphatic rings. The Bertz CT molecular complexity index is 749. The van der Waals surface area contributed by atoms with Gasteiger partial charge in [0, 0.05) is 5.56 Å². The third kappa shape index (κ3) is 3.62. The van der Waals surface area contributed by atoms with E-state index in [4.69, 9.17) is 27.9 Å². The summed E-state index contributed by atoms with van der Waals surface area (Å²) < 4.78 is 44.3. The van der Waals surface area contributed by atoms with E-state index in [1.807, 2.05) is 0 Å². The number of anilines is 1. The van der Waals surface area contributed by atoms with Crippen LogP contribution >= 0.6 is 23.2 Å². The van der Waals surface area contributed by atoms with E-state index in [1.165, 1.54) is 19.2 Å². The topological polar surface area (TPSA) is 50.4 Å². The molecular formula is C14H9Cl2F3N2O2. The maximum Gasteiger partial charge on any atom is 0.269 e. The Morgan fingerprint density at radius 1 is 1.09 bits per heavy atom. The van der Waals surface area contributed by atoms with Gasteiger partial charge in [0.1, 0.15) is 0 Å². The van der Waals surface area contributed by atoms with Crippen LogP contribution in [0.15, 0.2) is 24.3 Å². The molecule has 2 aromatic rings. The summed E-state index contributed by atoms with van der Waals surface area (Å²) >= 11 is 11.8. The van der Waals surface area contributed by atoms with E-state index in [0.29, 0.717) is 6.07 Å². The lowest BCUT2D eigenvalue weighted by atomic mass is 10.2. The zero-order chi connectivity index (χ0) is 17.1. The normalized spacial score (nSPS) is 10.3. The number of ether oxygens (including phenoxy) is 1. The van der Waals surface area contributed by atoms with E-state index in [0.717, 1.165) is 6.07 Å². The van der Waals surface area contributed by atoms with E-state index in [-0.39, 0.29) is 21.4 Å². The van der Waals surface area contributed by atoms with Crippen LogP contribution in [0.3, 0.4) is 0 Å². The van der Waals surface area contributed by atoms with Crippen molar-refractivity contribution in [3.63, 3.8) is 0 Å². The van der Waals surface area contributed by atoms with Crippen molar-refractivity contribution in [1.82, 2.24) is 5.43 Å². The number of carbonyl (C=O) groups excluding carboxylic acids is 1. The van der Waals surface area contributed by atoms with Crippen LogP contribution in [-0.2, 0) is 0 Å². The number of hydrogen-bond donors (Lipinski definition) is 2. The SMILES string of the molecule is COc1c(Cl)cc(C(=O)NNc2ccc(F)c(F)c2F)cc1Cl. The van der Waals surface area contributed by atoms with Gasteiger partial charge in [0.15, 0.2) is 23.2 Å². The van der Waals surface area contributed by atoms with Crippen LogP contribution in [0, 0.1) is 17.5 Å². The summed E-state index contributed by atoms with van der Waals surface area (Å²) in [5, 5.41) is 0.202. The molecule has 23 heavy (non-hydrogen) atoms. The molecule has 0 unspecified atom stereocenters. The number of benzene rings is 2. The highest BCUT2D eigenvalue weighted by Crippen LogP contribution is 2.33. The Kier molecular flexibility index (Phi) is 5.23. The first-order valence-corrected chi connectivity index (χ1v) is 6.83. The molecule has 0 aliphatic carbocycles. The maximum atomic E-state index is 13.5. The van der Waals surface area contributed by atoms with Crippen molar-refractivity contribution in [2.24, 2.45) is 0 Å². The third-order valence-corrected chi connectivity index (χ3v) is 3.37. The molecule has 1 amide bonds. The molecule has 0 atom stereocenters. The lowest BCUT2D eigenvalue weighted by Gasteiger charge is -2.12. The van der Waals surface area contributed by atoms with Crippen molar-refractivity contribution < 1.29 is 22.7 Å². The fourth-order valence-corrected chi connectivity index (χ4v) is 2.35. The van der Waals surface area contributed by atoms with E-state index in [1.54, 1.807) is 0 Å². The second kappa shape index (κ2) is 6.97. The molecule has 0 aliphatic heterocycles. The summed E-state index contributed by atoms with van der Waals surface area (Å²) in [5.41, 5.74) is 3.88. The van der Waals surface area contributed by atoms with E-state index < -0.39 is 29.0 Å². The van der Waals surface area contributed by atoms with Crippen LogP contribution in [0.25, 0.3) is 0 Å². The second-order valence-electron chi connectivity index (χ2n) is 4.28. The Balaban J connectivity index is 2.16. The Labute approximate surface area is 139 Å². The molecule has 2 N–H and O–H groups in total. The van der Waals surface area contributed by atoms with Gasteiger partial charge in [-0.1, -0.05) is 23.2 Å². The largest absolute Gasteiger partial charge is 0.494 e. The number of methoxy groups -OCH3 is 1. The van der Waals surface area contributed by atoms with Gasteiger partial charge in [0.25, 0.3) is 5.91 Å². The molecule has 0 spiro atoms. The quantitative estimate of drug-likeness (QED) is 0.632. The summed E-state index contributed by atoms with van der Waals surface area (Å²) in [4.78, 5) is 12.0. The Morgan fingerprint density at radius 2 is 1.70 bits per heavy atom. The molecule has 122 valence electrons. The Morgan fingerprint density at radius 3 is 2.26 bits per heavy atom. The molecule has 0 heterocycles. The lowest BCUT2D eigenvalue weighted by molar-refractivity contribution is 0.0962. The number of amides is 1. The predicted molar refractivity (Wildman–Crippen MR) is 80.4 cm³/mol. The fourth-order valence-electron chi connectivity index (χ4n) is 1.70. The van der Waals surface area contributed by atoms with E-state index in [2.05, 4.69) is 10.9 Å². The smallest absolute Gasteiger partial charge is 0.269 e. The van der Waals surface area contributed by atoms with Crippen molar-refractivity contribution in [2.75, 3.05) is 12.5 Å². The molecular weight excluding hydrogens is 356 g/mol. The van der Waals surface area contributed by atoms with Gasteiger partial charge >= 0.3 is 0 Å². The van der Waals surface area contributed by atoms with Crippen molar-refractivity contribution in [1.29, 1.82) is 0 Å². The highest BCUT2D eigenvalue weighted by Gasteiger charge is 2.16. The van der Waals surface area contributed by atoms with Crippen molar-refractivity contribution in [3.05, 3.63) is 57.3 Å². The molecule has 0 bridgehead atoms. The number of halogens is 5. The van der Waals surface area contributed by atoms with Gasteiger partial charge in [0.2, 0.25) is 0 Å². The molecule has 2 rings (SSSR count). The molecule has 0 radical (unpaired) electrons. The number of carbonyl (C=O) groups is 1. The van der Waals surface area contributed by atoms with Gasteiger partial charge < -0.3 is 4.74 Å². The van der Waals surface area contributed by atoms with Crippen LogP contribution in [-0.4, -0.2) is 13.0 Å². The zero-order valence-corrected chi connectivity index (χ0v) is 13.0. The minimum Gasteiger partial charge on any atom is -0.494 e. The average Bonchev–Trinajstić information content (AvgIpc) is 2.51. The molecule has 0 fully saturated rings. The number of rotatable bonds is 4. The predicted octanol–water partition coefficient (Wildman–Crippen LogP) is 4.18. The molecule has 0 saturated carbocycles. The van der Waals surface area contributed by atoms with Gasteiger partial charge in [0.05, 0.1) is 22.8 Å². The number of nitrogens with one attached hydrogen (secondary N) is 2. The summed E-state index contributed by atoms with van der Waals surface area (Å²) in [5.74, 6) is -4.98. The fraction of sp³-hybridized carbons (Fsp3) is 0.0714. The average molecular weight is 365 g/mol. The van der Waals surface area contributed by atoms with E-state index in [9.17, 15) is 18.0 Å². The molecule has 4 nitrogen and oxygen atoms in total. The van der Waals surface area contributed by atoms with Gasteiger partial charge in [-0.05, 0) is 24.3 Å². The van der Waals surface area contributed by atoms with Crippen molar-refractivity contribution in [3.8, 4) is 5.75 Å². The second-order valence-corrected chi connectivity index (χ2v) is 5.09. The molecule has 0 aromatic heterocycles. The van der Waals surface area contributed by atoms with E-state index >= 15 is 0 Å². The third-order valence-electron chi connectivity index (χ3n) is 2.81. The summed E-state index contributed by atoms with van der Waals surface area (Å²) in [6.07, 6.45) is 0. The maximum absolute atomic E-state index is 13.5. The minimum atomic E-state index is -1.65. The van der Waals surface area contributed by atoms with Crippen LogP contribution < -0.4 is 15.6 Å². The highest BCUT2D eigenvalue weighted by molar-refractivity contribution is 6.37. The van der Waals surface area contributed by atoms with Gasteiger partial charge in [-0.3, -0.25) is 15.6 Å². The van der Waals surface area contributed by atoms with Crippen molar-refractivity contribution >= 4 is 34.8 Å². The van der Waals surface area contributed by atoms with Crippen LogP contribution in [0.5, 0.6) is 5.75 Å². The number of hydrazine groups is 1. The monoisotopic (exact) mass is 364 g/mol. The molecule has 0 saturated heterocycles. The first-order valence-electron chi connectivity index (χ1n) is 6.08. The summed E-state index contributed by atoms with van der Waals surface area (Å²) in [6, 6.07) is 4.21. The minimum absolute atomic E-state index is 0.0521. The zero-order valence-electron chi connectivity index (χ0n) is 11.5.